The molecule has 2 heterocycles. The van der Waals surface area contributed by atoms with Crippen LogP contribution in [-0.2, 0) is 13.6 Å². The van der Waals surface area contributed by atoms with Gasteiger partial charge in [0.1, 0.15) is 11.6 Å². The number of aliphatic hydroxyl groups is 1. The fourth-order valence-corrected chi connectivity index (χ4v) is 3.11. The molecule has 4 nitrogen and oxygen atoms in total. The zero-order valence-electron chi connectivity index (χ0n) is 12.8. The van der Waals surface area contributed by atoms with Crippen molar-refractivity contribution < 1.29 is 9.50 Å². The summed E-state index contributed by atoms with van der Waals surface area (Å²) in [6.07, 6.45) is 5.17. The van der Waals surface area contributed by atoms with Gasteiger partial charge in [-0.3, -0.25) is 4.90 Å². The molecule has 1 aromatic carbocycles. The van der Waals surface area contributed by atoms with Crippen molar-refractivity contribution >= 4 is 0 Å². The van der Waals surface area contributed by atoms with Crippen LogP contribution < -0.4 is 0 Å². The van der Waals surface area contributed by atoms with E-state index in [1.807, 2.05) is 24.0 Å². The van der Waals surface area contributed by atoms with Crippen molar-refractivity contribution in [2.45, 2.75) is 25.5 Å². The van der Waals surface area contributed by atoms with Crippen molar-refractivity contribution in [3.63, 3.8) is 0 Å². The fraction of sp³-hybridized carbons (Fsp3) is 0.471. The van der Waals surface area contributed by atoms with E-state index >= 15 is 0 Å². The Labute approximate surface area is 130 Å². The minimum Gasteiger partial charge on any atom is -0.388 e. The molecule has 1 unspecified atom stereocenters. The highest BCUT2D eigenvalue weighted by Gasteiger charge is 2.26. The summed E-state index contributed by atoms with van der Waals surface area (Å²) in [4.78, 5) is 6.73. The summed E-state index contributed by atoms with van der Waals surface area (Å²) in [5.41, 5.74) is 0.809. The van der Waals surface area contributed by atoms with Gasteiger partial charge in [0.2, 0.25) is 0 Å². The van der Waals surface area contributed by atoms with Crippen LogP contribution in [0.4, 0.5) is 4.39 Å². The molecular formula is C17H22FN3O. The van der Waals surface area contributed by atoms with Gasteiger partial charge in [0.05, 0.1) is 12.6 Å². The van der Waals surface area contributed by atoms with Crippen LogP contribution in [0.2, 0.25) is 0 Å². The van der Waals surface area contributed by atoms with Gasteiger partial charge in [0.15, 0.2) is 0 Å². The molecule has 1 aromatic heterocycles. The van der Waals surface area contributed by atoms with E-state index in [0.717, 1.165) is 43.9 Å². The molecule has 1 saturated heterocycles. The molecule has 1 aliphatic rings. The molecule has 1 N–H and O–H groups in total. The summed E-state index contributed by atoms with van der Waals surface area (Å²) in [5.74, 6) is 1.04. The first-order valence-corrected chi connectivity index (χ1v) is 7.75. The summed E-state index contributed by atoms with van der Waals surface area (Å²) in [6, 6.07) is 6.18. The number of nitrogens with zero attached hydrogens (tertiary/aromatic N) is 3. The van der Waals surface area contributed by atoms with Crippen LogP contribution in [0.25, 0.3) is 0 Å². The molecule has 2 aromatic rings. The quantitative estimate of drug-likeness (QED) is 0.943. The fourth-order valence-electron chi connectivity index (χ4n) is 3.11. The lowest BCUT2D eigenvalue weighted by molar-refractivity contribution is 0.0558. The number of imidazole rings is 1. The Morgan fingerprint density at radius 3 is 2.55 bits per heavy atom. The molecule has 1 aliphatic heterocycles. The highest BCUT2D eigenvalue weighted by atomic mass is 19.1. The van der Waals surface area contributed by atoms with Crippen molar-refractivity contribution in [2.75, 3.05) is 13.1 Å². The molecule has 0 radical (unpaired) electrons. The summed E-state index contributed by atoms with van der Waals surface area (Å²) < 4.78 is 15.0. The molecule has 0 aliphatic carbocycles. The van der Waals surface area contributed by atoms with E-state index in [9.17, 15) is 9.50 Å². The van der Waals surface area contributed by atoms with Gasteiger partial charge in [0, 0.05) is 19.4 Å². The van der Waals surface area contributed by atoms with Crippen LogP contribution in [0.5, 0.6) is 0 Å². The standard InChI is InChI=1S/C17H22FN3O/c1-20-11-8-19-16(20)12-21-9-6-14(7-10-21)17(22)13-2-4-15(18)5-3-13/h2-5,8,11,14,17,22H,6-7,9-10,12H2,1H3. The Balaban J connectivity index is 1.55. The third-order valence-electron chi connectivity index (χ3n) is 4.58. The third-order valence-corrected chi connectivity index (χ3v) is 4.58. The molecule has 0 amide bonds. The van der Waals surface area contributed by atoms with Crippen molar-refractivity contribution in [2.24, 2.45) is 13.0 Å². The number of hydrogen-bond donors (Lipinski definition) is 1. The van der Waals surface area contributed by atoms with Gasteiger partial charge in [-0.1, -0.05) is 12.1 Å². The Bertz CT molecular complexity index is 603. The first-order chi connectivity index (χ1) is 10.6. The van der Waals surface area contributed by atoms with Crippen LogP contribution in [0.15, 0.2) is 36.7 Å². The molecule has 22 heavy (non-hydrogen) atoms. The molecule has 0 saturated carbocycles. The topological polar surface area (TPSA) is 41.3 Å². The van der Waals surface area contributed by atoms with Crippen molar-refractivity contribution in [3.05, 3.63) is 53.9 Å². The second-order valence-corrected chi connectivity index (χ2v) is 6.06. The summed E-state index contributed by atoms with van der Waals surface area (Å²) in [6.45, 7) is 2.76. The zero-order chi connectivity index (χ0) is 15.5. The predicted octanol–water partition coefficient (Wildman–Crippen LogP) is 2.50. The van der Waals surface area contributed by atoms with E-state index in [1.165, 1.54) is 12.1 Å². The second kappa shape index (κ2) is 6.58. The number of rotatable bonds is 4. The number of likely N-dealkylation sites (tertiary alicyclic amines) is 1. The Morgan fingerprint density at radius 2 is 1.95 bits per heavy atom. The van der Waals surface area contributed by atoms with Gasteiger partial charge in [-0.05, 0) is 49.5 Å². The number of halogens is 1. The van der Waals surface area contributed by atoms with E-state index in [2.05, 4.69) is 9.88 Å². The summed E-state index contributed by atoms with van der Waals surface area (Å²) in [5, 5.41) is 10.5. The largest absolute Gasteiger partial charge is 0.388 e. The highest BCUT2D eigenvalue weighted by Crippen LogP contribution is 2.31. The normalized spacial score (nSPS) is 18.5. The molecular weight excluding hydrogens is 281 g/mol. The van der Waals surface area contributed by atoms with E-state index in [1.54, 1.807) is 12.1 Å². The van der Waals surface area contributed by atoms with Gasteiger partial charge in [-0.15, -0.1) is 0 Å². The van der Waals surface area contributed by atoms with Crippen LogP contribution in [-0.4, -0.2) is 32.6 Å². The molecule has 118 valence electrons. The first kappa shape index (κ1) is 15.2. The van der Waals surface area contributed by atoms with E-state index in [0.29, 0.717) is 0 Å². The number of aliphatic hydroxyl groups excluding tert-OH is 1. The lowest BCUT2D eigenvalue weighted by Gasteiger charge is -2.34. The lowest BCUT2D eigenvalue weighted by Crippen LogP contribution is -2.35. The van der Waals surface area contributed by atoms with Gasteiger partial charge in [0.25, 0.3) is 0 Å². The van der Waals surface area contributed by atoms with Crippen LogP contribution in [0, 0.1) is 11.7 Å². The zero-order valence-corrected chi connectivity index (χ0v) is 12.8. The average molecular weight is 303 g/mol. The van der Waals surface area contributed by atoms with Crippen LogP contribution in [0.3, 0.4) is 0 Å². The van der Waals surface area contributed by atoms with Crippen LogP contribution in [0.1, 0.15) is 30.3 Å². The number of hydrogen-bond acceptors (Lipinski definition) is 3. The maximum Gasteiger partial charge on any atom is 0.123 e. The Hall–Kier alpha value is -1.72. The highest BCUT2D eigenvalue weighted by molar-refractivity contribution is 5.19. The first-order valence-electron chi connectivity index (χ1n) is 7.75. The smallest absolute Gasteiger partial charge is 0.123 e. The maximum absolute atomic E-state index is 13.0. The third kappa shape index (κ3) is 3.36. The number of piperidine rings is 1. The number of benzene rings is 1. The SMILES string of the molecule is Cn1ccnc1CN1CCC(C(O)c2ccc(F)cc2)CC1. The molecule has 0 bridgehead atoms. The maximum atomic E-state index is 13.0. The van der Waals surface area contributed by atoms with Gasteiger partial charge >= 0.3 is 0 Å². The minimum absolute atomic E-state index is 0.239. The minimum atomic E-state index is -0.504. The molecule has 3 rings (SSSR count). The van der Waals surface area contributed by atoms with E-state index < -0.39 is 6.10 Å². The number of aromatic nitrogens is 2. The monoisotopic (exact) mass is 303 g/mol. The average Bonchev–Trinajstić information content (AvgIpc) is 2.93. The second-order valence-electron chi connectivity index (χ2n) is 6.06. The van der Waals surface area contributed by atoms with Gasteiger partial charge in [-0.2, -0.15) is 0 Å². The number of aryl methyl sites for hydroxylation is 1. The Morgan fingerprint density at radius 1 is 1.27 bits per heavy atom. The molecule has 1 atom stereocenters. The molecule has 1 fully saturated rings. The summed E-state index contributed by atoms with van der Waals surface area (Å²) in [7, 11) is 2.01. The Kier molecular flexibility index (Phi) is 4.55. The lowest BCUT2D eigenvalue weighted by atomic mass is 9.87. The predicted molar refractivity (Wildman–Crippen MR) is 82.6 cm³/mol. The molecule has 0 spiro atoms. The van der Waals surface area contributed by atoms with Crippen LogP contribution >= 0.6 is 0 Å². The van der Waals surface area contributed by atoms with Gasteiger partial charge in [-0.25, -0.2) is 9.37 Å². The van der Waals surface area contributed by atoms with Crippen molar-refractivity contribution in [1.29, 1.82) is 0 Å². The molecule has 5 heteroatoms. The van der Waals surface area contributed by atoms with Gasteiger partial charge < -0.3 is 9.67 Å². The van der Waals surface area contributed by atoms with Crippen molar-refractivity contribution in [3.8, 4) is 0 Å². The van der Waals surface area contributed by atoms with E-state index in [4.69, 9.17) is 0 Å². The summed E-state index contributed by atoms with van der Waals surface area (Å²) >= 11 is 0. The van der Waals surface area contributed by atoms with E-state index in [-0.39, 0.29) is 11.7 Å². The van der Waals surface area contributed by atoms with Crippen molar-refractivity contribution in [1.82, 2.24) is 14.5 Å².